The van der Waals surface area contributed by atoms with Gasteiger partial charge in [-0.2, -0.15) is 4.31 Å². The van der Waals surface area contributed by atoms with Gasteiger partial charge in [0.15, 0.2) is 0 Å². The molecule has 0 aromatic carbocycles. The summed E-state index contributed by atoms with van der Waals surface area (Å²) in [5.74, 6) is 0. The molecule has 2 aromatic heterocycles. The molecule has 0 bridgehead atoms. The second-order valence-electron chi connectivity index (χ2n) is 4.83. The highest BCUT2D eigenvalue weighted by Gasteiger charge is 2.38. The average Bonchev–Trinajstić information content (AvgIpc) is 3.31. The lowest BCUT2D eigenvalue weighted by Crippen LogP contribution is -2.32. The summed E-state index contributed by atoms with van der Waals surface area (Å²) in [4.78, 5) is 11.6. The van der Waals surface area contributed by atoms with Gasteiger partial charge in [0.25, 0.3) is 0 Å². The number of sulfonamides is 1. The number of aromatic nitrogens is 3. The Morgan fingerprint density at radius 3 is 2.52 bits per heavy atom. The highest BCUT2D eigenvalue weighted by atomic mass is 35.5. The van der Waals surface area contributed by atoms with Crippen molar-refractivity contribution in [2.75, 3.05) is 0 Å². The fourth-order valence-corrected chi connectivity index (χ4v) is 3.68. The molecule has 0 aliphatic heterocycles. The first kappa shape index (κ1) is 14.4. The van der Waals surface area contributed by atoms with Crippen LogP contribution in [0.15, 0.2) is 41.8 Å². The Morgan fingerprint density at radius 1 is 1.24 bits per heavy atom. The molecule has 1 saturated carbocycles. The van der Waals surface area contributed by atoms with Crippen molar-refractivity contribution in [1.29, 1.82) is 0 Å². The van der Waals surface area contributed by atoms with E-state index in [0.717, 1.165) is 18.4 Å². The highest BCUT2D eigenvalue weighted by molar-refractivity contribution is 7.89. The molecule has 2 heterocycles. The van der Waals surface area contributed by atoms with Crippen molar-refractivity contribution in [3.8, 4) is 0 Å². The maximum Gasteiger partial charge on any atom is 0.246 e. The van der Waals surface area contributed by atoms with Gasteiger partial charge in [-0.15, -0.1) is 0 Å². The summed E-state index contributed by atoms with van der Waals surface area (Å²) in [6.45, 7) is 0.295. The molecular formula is C13H13ClN4O2S. The maximum atomic E-state index is 12.7. The third-order valence-electron chi connectivity index (χ3n) is 3.22. The van der Waals surface area contributed by atoms with Crippen LogP contribution in [-0.4, -0.2) is 33.7 Å². The van der Waals surface area contributed by atoms with Crippen LogP contribution < -0.4 is 0 Å². The molecular weight excluding hydrogens is 312 g/mol. The second kappa shape index (κ2) is 5.67. The smallest absolute Gasteiger partial charge is 0.246 e. The van der Waals surface area contributed by atoms with E-state index in [-0.39, 0.29) is 16.2 Å². The minimum Gasteiger partial charge on any atom is -0.264 e. The minimum absolute atomic E-state index is 0.0270. The van der Waals surface area contributed by atoms with E-state index in [1.807, 2.05) is 6.07 Å². The maximum absolute atomic E-state index is 12.7. The Bertz CT molecular complexity index is 718. The third kappa shape index (κ3) is 3.20. The molecule has 3 rings (SSSR count). The lowest BCUT2D eigenvalue weighted by Gasteiger charge is -2.21. The van der Waals surface area contributed by atoms with Crippen LogP contribution in [0, 0.1) is 0 Å². The van der Waals surface area contributed by atoms with Gasteiger partial charge in [0.05, 0.1) is 12.4 Å². The molecule has 0 saturated heterocycles. The molecule has 1 aliphatic carbocycles. The highest BCUT2D eigenvalue weighted by Crippen LogP contribution is 2.33. The van der Waals surface area contributed by atoms with Crippen LogP contribution in [0.25, 0.3) is 0 Å². The van der Waals surface area contributed by atoms with E-state index in [9.17, 15) is 8.42 Å². The molecule has 0 atom stereocenters. The quantitative estimate of drug-likeness (QED) is 0.785. The normalized spacial score (nSPS) is 15.3. The summed E-state index contributed by atoms with van der Waals surface area (Å²) < 4.78 is 26.9. The van der Waals surface area contributed by atoms with E-state index < -0.39 is 10.0 Å². The van der Waals surface area contributed by atoms with Crippen LogP contribution >= 0.6 is 11.6 Å². The zero-order chi connectivity index (χ0) is 14.9. The Morgan fingerprint density at radius 2 is 1.95 bits per heavy atom. The lowest BCUT2D eigenvalue weighted by atomic mass is 10.3. The summed E-state index contributed by atoms with van der Waals surface area (Å²) in [5.41, 5.74) is 0.850. The molecule has 21 heavy (non-hydrogen) atoms. The van der Waals surface area contributed by atoms with Crippen molar-refractivity contribution in [3.63, 3.8) is 0 Å². The molecule has 1 fully saturated rings. The summed E-state index contributed by atoms with van der Waals surface area (Å²) in [6, 6.07) is 3.68. The topological polar surface area (TPSA) is 76.1 Å². The Hall–Kier alpha value is -1.57. The van der Waals surface area contributed by atoms with Gasteiger partial charge in [0.2, 0.25) is 15.3 Å². The minimum atomic E-state index is -3.63. The van der Waals surface area contributed by atoms with Gasteiger partial charge in [-0.05, 0) is 36.1 Å². The Kier molecular flexibility index (Phi) is 3.88. The first-order valence-corrected chi connectivity index (χ1v) is 8.27. The first-order valence-electron chi connectivity index (χ1n) is 6.45. The van der Waals surface area contributed by atoms with Crippen molar-refractivity contribution in [2.45, 2.75) is 30.3 Å². The van der Waals surface area contributed by atoms with E-state index in [4.69, 9.17) is 11.6 Å². The lowest BCUT2D eigenvalue weighted by molar-refractivity contribution is 0.398. The molecule has 0 N–H and O–H groups in total. The Labute approximate surface area is 127 Å². The summed E-state index contributed by atoms with van der Waals surface area (Å²) in [6.07, 6.45) is 7.55. The van der Waals surface area contributed by atoms with E-state index in [1.165, 1.54) is 16.7 Å². The van der Waals surface area contributed by atoms with Gasteiger partial charge in [-0.1, -0.05) is 6.07 Å². The van der Waals surface area contributed by atoms with E-state index >= 15 is 0 Å². The van der Waals surface area contributed by atoms with Gasteiger partial charge in [-0.25, -0.2) is 18.4 Å². The van der Waals surface area contributed by atoms with Crippen molar-refractivity contribution in [3.05, 3.63) is 47.8 Å². The number of halogens is 1. The zero-order valence-electron chi connectivity index (χ0n) is 11.1. The van der Waals surface area contributed by atoms with Crippen LogP contribution in [0.3, 0.4) is 0 Å². The van der Waals surface area contributed by atoms with Crippen LogP contribution in [0.5, 0.6) is 0 Å². The largest absolute Gasteiger partial charge is 0.264 e. The molecule has 2 aromatic rings. The summed E-state index contributed by atoms with van der Waals surface area (Å²) in [7, 11) is -3.63. The standard InChI is InChI=1S/C13H13ClN4O2S/c14-13-16-7-12(8-17-13)21(19,20)18(11-3-4-11)9-10-2-1-5-15-6-10/h1-2,5-8,11H,3-4,9H2. The number of nitrogens with zero attached hydrogens (tertiary/aromatic N) is 4. The summed E-state index contributed by atoms with van der Waals surface area (Å²) in [5, 5.41) is 0.0270. The van der Waals surface area contributed by atoms with Gasteiger partial charge in [0, 0.05) is 25.0 Å². The van der Waals surface area contributed by atoms with Gasteiger partial charge in [0.1, 0.15) is 4.90 Å². The third-order valence-corrected chi connectivity index (χ3v) is 5.26. The van der Waals surface area contributed by atoms with Crippen LogP contribution in [0.1, 0.15) is 18.4 Å². The zero-order valence-corrected chi connectivity index (χ0v) is 12.6. The second-order valence-corrected chi connectivity index (χ2v) is 7.06. The average molecular weight is 325 g/mol. The molecule has 0 spiro atoms. The van der Waals surface area contributed by atoms with Crippen molar-refractivity contribution < 1.29 is 8.42 Å². The molecule has 0 radical (unpaired) electrons. The molecule has 1 aliphatic rings. The first-order chi connectivity index (χ1) is 10.1. The number of hydrogen-bond acceptors (Lipinski definition) is 5. The van der Waals surface area contributed by atoms with Crippen LogP contribution in [0.4, 0.5) is 0 Å². The monoisotopic (exact) mass is 324 g/mol. The fraction of sp³-hybridized carbons (Fsp3) is 0.308. The fourth-order valence-electron chi connectivity index (χ4n) is 2.01. The molecule has 8 heteroatoms. The predicted molar refractivity (Wildman–Crippen MR) is 77.0 cm³/mol. The number of rotatable bonds is 5. The molecule has 0 amide bonds. The predicted octanol–water partition coefficient (Wildman–Crippen LogP) is 1.88. The number of pyridine rings is 1. The molecule has 0 unspecified atom stereocenters. The van der Waals surface area contributed by atoms with E-state index in [1.54, 1.807) is 18.5 Å². The molecule has 6 nitrogen and oxygen atoms in total. The van der Waals surface area contributed by atoms with Crippen molar-refractivity contribution in [2.24, 2.45) is 0 Å². The van der Waals surface area contributed by atoms with E-state index in [0.29, 0.717) is 6.54 Å². The Balaban J connectivity index is 1.91. The van der Waals surface area contributed by atoms with Crippen molar-refractivity contribution >= 4 is 21.6 Å². The molecule has 110 valence electrons. The van der Waals surface area contributed by atoms with Gasteiger partial charge in [-0.3, -0.25) is 4.98 Å². The summed E-state index contributed by atoms with van der Waals surface area (Å²) >= 11 is 5.61. The van der Waals surface area contributed by atoms with Crippen LogP contribution in [0.2, 0.25) is 5.28 Å². The van der Waals surface area contributed by atoms with Gasteiger partial charge >= 0.3 is 0 Å². The van der Waals surface area contributed by atoms with Crippen molar-refractivity contribution in [1.82, 2.24) is 19.3 Å². The SMILES string of the molecule is O=S(=O)(c1cnc(Cl)nc1)N(Cc1cccnc1)C1CC1. The number of hydrogen-bond donors (Lipinski definition) is 0. The van der Waals surface area contributed by atoms with E-state index in [2.05, 4.69) is 15.0 Å². The van der Waals surface area contributed by atoms with Crippen LogP contribution in [-0.2, 0) is 16.6 Å². The van der Waals surface area contributed by atoms with Gasteiger partial charge < -0.3 is 0 Å².